The van der Waals surface area contributed by atoms with Crippen molar-refractivity contribution in [3.05, 3.63) is 0 Å². The van der Waals surface area contributed by atoms with Gasteiger partial charge >= 0.3 is 0 Å². The third-order valence-electron chi connectivity index (χ3n) is 4.29. The number of ether oxygens (including phenoxy) is 1. The standard InChI is InChI=1S/C13H26N2O/c1-10-5-4-6-11(9-10)13(15-14)12-7-2-3-8-16-12/h10-13,15H,2-9,14H2,1H3. The fourth-order valence-corrected chi connectivity index (χ4v) is 3.40. The van der Waals surface area contributed by atoms with E-state index in [4.69, 9.17) is 10.6 Å². The predicted molar refractivity (Wildman–Crippen MR) is 65.8 cm³/mol. The highest BCUT2D eigenvalue weighted by Gasteiger charge is 2.33. The molecule has 0 amide bonds. The van der Waals surface area contributed by atoms with Gasteiger partial charge in [0.2, 0.25) is 0 Å². The number of hydrogen-bond acceptors (Lipinski definition) is 3. The molecule has 0 bridgehead atoms. The van der Waals surface area contributed by atoms with Gasteiger partial charge in [-0.2, -0.15) is 0 Å². The molecule has 1 aliphatic carbocycles. The van der Waals surface area contributed by atoms with Crippen LogP contribution in [-0.4, -0.2) is 18.8 Å². The Balaban J connectivity index is 1.91. The summed E-state index contributed by atoms with van der Waals surface area (Å²) < 4.78 is 5.88. The Bertz CT molecular complexity index is 204. The van der Waals surface area contributed by atoms with Crippen LogP contribution in [0, 0.1) is 11.8 Å². The summed E-state index contributed by atoms with van der Waals surface area (Å²) in [6.07, 6.45) is 9.43. The van der Waals surface area contributed by atoms with E-state index in [0.717, 1.165) is 18.4 Å². The minimum atomic E-state index is 0.356. The predicted octanol–water partition coefficient (Wildman–Crippen LogP) is 2.21. The van der Waals surface area contributed by atoms with Crippen LogP contribution in [0.25, 0.3) is 0 Å². The Morgan fingerprint density at radius 2 is 2.06 bits per heavy atom. The van der Waals surface area contributed by atoms with Crippen molar-refractivity contribution in [3.8, 4) is 0 Å². The van der Waals surface area contributed by atoms with E-state index in [0.29, 0.717) is 12.1 Å². The minimum Gasteiger partial charge on any atom is -0.377 e. The van der Waals surface area contributed by atoms with Gasteiger partial charge in [-0.3, -0.25) is 11.3 Å². The molecule has 2 rings (SSSR count). The smallest absolute Gasteiger partial charge is 0.0744 e. The molecule has 0 radical (unpaired) electrons. The lowest BCUT2D eigenvalue weighted by molar-refractivity contribution is -0.0275. The molecule has 2 fully saturated rings. The van der Waals surface area contributed by atoms with Crippen LogP contribution in [0.1, 0.15) is 51.9 Å². The Morgan fingerprint density at radius 3 is 2.69 bits per heavy atom. The van der Waals surface area contributed by atoms with E-state index in [-0.39, 0.29) is 0 Å². The number of hydrogen-bond donors (Lipinski definition) is 2. The van der Waals surface area contributed by atoms with Gasteiger partial charge in [-0.25, -0.2) is 0 Å². The summed E-state index contributed by atoms with van der Waals surface area (Å²) in [6, 6.07) is 0.378. The van der Waals surface area contributed by atoms with E-state index in [1.54, 1.807) is 0 Å². The third kappa shape index (κ3) is 2.96. The highest BCUT2D eigenvalue weighted by atomic mass is 16.5. The van der Waals surface area contributed by atoms with Gasteiger partial charge in [-0.15, -0.1) is 0 Å². The average molecular weight is 226 g/mol. The zero-order valence-corrected chi connectivity index (χ0v) is 10.5. The first-order chi connectivity index (χ1) is 7.81. The van der Waals surface area contributed by atoms with Crippen molar-refractivity contribution in [3.63, 3.8) is 0 Å². The summed E-state index contributed by atoms with van der Waals surface area (Å²) in [6.45, 7) is 3.28. The van der Waals surface area contributed by atoms with Crippen molar-refractivity contribution in [1.29, 1.82) is 0 Å². The lowest BCUT2D eigenvalue weighted by Gasteiger charge is -2.38. The van der Waals surface area contributed by atoms with Crippen molar-refractivity contribution < 1.29 is 4.74 Å². The van der Waals surface area contributed by atoms with Crippen molar-refractivity contribution in [2.24, 2.45) is 17.7 Å². The summed E-state index contributed by atoms with van der Waals surface area (Å²) in [4.78, 5) is 0. The van der Waals surface area contributed by atoms with E-state index >= 15 is 0 Å². The molecule has 4 atom stereocenters. The van der Waals surface area contributed by atoms with E-state index in [1.807, 2.05) is 0 Å². The molecule has 1 aliphatic heterocycles. The van der Waals surface area contributed by atoms with Gasteiger partial charge in [-0.1, -0.05) is 19.8 Å². The second-order valence-corrected chi connectivity index (χ2v) is 5.63. The van der Waals surface area contributed by atoms with Crippen LogP contribution in [0.15, 0.2) is 0 Å². The minimum absolute atomic E-state index is 0.356. The first kappa shape index (κ1) is 12.3. The van der Waals surface area contributed by atoms with Gasteiger partial charge in [0.25, 0.3) is 0 Å². The molecule has 2 aliphatic rings. The molecule has 0 spiro atoms. The molecule has 3 nitrogen and oxygen atoms in total. The van der Waals surface area contributed by atoms with Gasteiger partial charge in [0.05, 0.1) is 12.1 Å². The number of nitrogens with two attached hydrogens (primary N) is 1. The van der Waals surface area contributed by atoms with Crippen LogP contribution in [0.3, 0.4) is 0 Å². The molecular weight excluding hydrogens is 200 g/mol. The molecule has 1 saturated heterocycles. The molecule has 3 heteroatoms. The Morgan fingerprint density at radius 1 is 1.19 bits per heavy atom. The van der Waals surface area contributed by atoms with Crippen molar-refractivity contribution in [2.75, 3.05) is 6.61 Å². The summed E-state index contributed by atoms with van der Waals surface area (Å²) >= 11 is 0. The van der Waals surface area contributed by atoms with Crippen molar-refractivity contribution >= 4 is 0 Å². The van der Waals surface area contributed by atoms with Crippen molar-refractivity contribution in [1.82, 2.24) is 5.43 Å². The third-order valence-corrected chi connectivity index (χ3v) is 4.29. The van der Waals surface area contributed by atoms with Gasteiger partial charge < -0.3 is 4.74 Å². The Labute approximate surface area is 99.1 Å². The lowest BCUT2D eigenvalue weighted by atomic mass is 9.76. The molecule has 0 aromatic carbocycles. The maximum atomic E-state index is 5.88. The van der Waals surface area contributed by atoms with E-state index in [2.05, 4.69) is 12.3 Å². The normalized spacial score (nSPS) is 38.2. The fourth-order valence-electron chi connectivity index (χ4n) is 3.40. The SMILES string of the molecule is CC1CCCC(C(NN)C2CCCCO2)C1. The van der Waals surface area contributed by atoms with Crippen LogP contribution in [0.4, 0.5) is 0 Å². The average Bonchev–Trinajstić information content (AvgIpc) is 2.31. The largest absolute Gasteiger partial charge is 0.377 e. The summed E-state index contributed by atoms with van der Waals surface area (Å²) in [5.74, 6) is 7.33. The topological polar surface area (TPSA) is 47.3 Å². The van der Waals surface area contributed by atoms with Crippen molar-refractivity contribution in [2.45, 2.75) is 64.0 Å². The Hall–Kier alpha value is -0.120. The zero-order valence-electron chi connectivity index (χ0n) is 10.5. The van der Waals surface area contributed by atoms with Crippen LogP contribution in [0.5, 0.6) is 0 Å². The second kappa shape index (κ2) is 5.99. The highest BCUT2D eigenvalue weighted by Crippen LogP contribution is 2.33. The molecular formula is C13H26N2O. The van der Waals surface area contributed by atoms with Gasteiger partial charge in [0.1, 0.15) is 0 Å². The molecule has 4 unspecified atom stereocenters. The van der Waals surface area contributed by atoms with Crippen LogP contribution in [0.2, 0.25) is 0 Å². The second-order valence-electron chi connectivity index (χ2n) is 5.63. The number of hydrazine groups is 1. The van der Waals surface area contributed by atoms with Gasteiger partial charge in [0.15, 0.2) is 0 Å². The highest BCUT2D eigenvalue weighted by molar-refractivity contribution is 4.87. The quantitative estimate of drug-likeness (QED) is 0.573. The molecule has 1 heterocycles. The lowest BCUT2D eigenvalue weighted by Crippen LogP contribution is -2.51. The molecule has 0 aromatic rings. The Kier molecular flexibility index (Phi) is 4.62. The zero-order chi connectivity index (χ0) is 11.4. The summed E-state index contributed by atoms with van der Waals surface area (Å²) in [5.41, 5.74) is 3.04. The molecule has 16 heavy (non-hydrogen) atoms. The first-order valence-corrected chi connectivity index (χ1v) is 6.89. The maximum absolute atomic E-state index is 5.88. The van der Waals surface area contributed by atoms with Crippen LogP contribution in [-0.2, 0) is 4.74 Å². The number of nitrogens with one attached hydrogen (secondary N) is 1. The summed E-state index contributed by atoms with van der Waals surface area (Å²) in [7, 11) is 0. The number of rotatable bonds is 3. The van der Waals surface area contributed by atoms with E-state index < -0.39 is 0 Å². The van der Waals surface area contributed by atoms with Crippen LogP contribution < -0.4 is 11.3 Å². The van der Waals surface area contributed by atoms with E-state index in [9.17, 15) is 0 Å². The van der Waals surface area contributed by atoms with E-state index in [1.165, 1.54) is 44.9 Å². The summed E-state index contributed by atoms with van der Waals surface area (Å²) in [5, 5.41) is 0. The fraction of sp³-hybridized carbons (Fsp3) is 1.00. The molecule has 0 aromatic heterocycles. The maximum Gasteiger partial charge on any atom is 0.0744 e. The first-order valence-electron chi connectivity index (χ1n) is 6.89. The monoisotopic (exact) mass is 226 g/mol. The van der Waals surface area contributed by atoms with Gasteiger partial charge in [-0.05, 0) is 43.9 Å². The van der Waals surface area contributed by atoms with Gasteiger partial charge in [0, 0.05) is 6.61 Å². The molecule has 3 N–H and O–H groups in total. The molecule has 94 valence electrons. The molecule has 1 saturated carbocycles. The van der Waals surface area contributed by atoms with Crippen LogP contribution >= 0.6 is 0 Å².